The Morgan fingerprint density at radius 1 is 0.548 bits per heavy atom. The van der Waals surface area contributed by atoms with Gasteiger partial charge >= 0.3 is 0 Å². The van der Waals surface area contributed by atoms with Gasteiger partial charge in [-0.15, -0.1) is 0 Å². The van der Waals surface area contributed by atoms with Gasteiger partial charge < -0.3 is 11.5 Å². The summed E-state index contributed by atoms with van der Waals surface area (Å²) >= 11 is 1.44. The first-order chi connectivity index (χ1) is 15.0. The number of nitrogens with two attached hydrogens (primary N) is 2. The van der Waals surface area contributed by atoms with Gasteiger partial charge in [-0.05, 0) is 36.4 Å². The number of carbonyl (C=O) groups excluding carboxylic acids is 2. The predicted octanol–water partition coefficient (Wildman–Crippen LogP) is 5.46. The average molecular weight is 425 g/mol. The number of anilines is 2. The summed E-state index contributed by atoms with van der Waals surface area (Å²) in [6, 6.07) is 28.8. The number of benzene rings is 4. The molecule has 0 atom stereocenters. The lowest BCUT2D eigenvalue weighted by atomic mass is 10.0. The lowest BCUT2D eigenvalue weighted by Gasteiger charge is -2.10. The van der Waals surface area contributed by atoms with Crippen molar-refractivity contribution in [3.05, 3.63) is 119 Å². The maximum absolute atomic E-state index is 12.9. The van der Waals surface area contributed by atoms with Gasteiger partial charge in [0.25, 0.3) is 0 Å². The summed E-state index contributed by atoms with van der Waals surface area (Å²) in [5, 5.41) is 0. The fourth-order valence-corrected chi connectivity index (χ4v) is 4.12. The summed E-state index contributed by atoms with van der Waals surface area (Å²) in [7, 11) is 0. The van der Waals surface area contributed by atoms with Crippen LogP contribution in [-0.2, 0) is 0 Å². The molecule has 0 saturated heterocycles. The molecule has 5 heteroatoms. The summed E-state index contributed by atoms with van der Waals surface area (Å²) in [6.45, 7) is 0. The number of carbonyl (C=O) groups is 2. The van der Waals surface area contributed by atoms with Crippen molar-refractivity contribution in [2.24, 2.45) is 0 Å². The number of hydrogen-bond acceptors (Lipinski definition) is 5. The van der Waals surface area contributed by atoms with Gasteiger partial charge in [-0.25, -0.2) is 0 Å². The number of ketones is 2. The van der Waals surface area contributed by atoms with Crippen molar-refractivity contribution in [1.82, 2.24) is 0 Å². The smallest absolute Gasteiger partial charge is 0.195 e. The first-order valence-electron chi connectivity index (χ1n) is 9.69. The summed E-state index contributed by atoms with van der Waals surface area (Å²) in [5.41, 5.74) is 15.1. The van der Waals surface area contributed by atoms with Gasteiger partial charge in [0.2, 0.25) is 0 Å². The monoisotopic (exact) mass is 424 g/mol. The second-order valence-corrected chi connectivity index (χ2v) is 8.14. The molecule has 4 nitrogen and oxygen atoms in total. The second kappa shape index (κ2) is 8.90. The van der Waals surface area contributed by atoms with Gasteiger partial charge in [0.05, 0.1) is 0 Å². The highest BCUT2D eigenvalue weighted by Crippen LogP contribution is 2.33. The molecule has 0 radical (unpaired) electrons. The van der Waals surface area contributed by atoms with Crippen LogP contribution in [0.1, 0.15) is 31.8 Å². The topological polar surface area (TPSA) is 86.2 Å². The Kier molecular flexibility index (Phi) is 5.87. The van der Waals surface area contributed by atoms with Crippen LogP contribution in [0.25, 0.3) is 0 Å². The van der Waals surface area contributed by atoms with Crippen molar-refractivity contribution in [3.63, 3.8) is 0 Å². The molecule has 0 aromatic heterocycles. The van der Waals surface area contributed by atoms with Crippen LogP contribution in [0.2, 0.25) is 0 Å². The van der Waals surface area contributed by atoms with E-state index in [1.807, 2.05) is 48.5 Å². The Labute approximate surface area is 184 Å². The van der Waals surface area contributed by atoms with Crippen molar-refractivity contribution in [3.8, 4) is 0 Å². The van der Waals surface area contributed by atoms with Crippen molar-refractivity contribution < 1.29 is 9.59 Å². The van der Waals surface area contributed by atoms with Crippen molar-refractivity contribution in [1.29, 1.82) is 0 Å². The zero-order chi connectivity index (χ0) is 21.8. The molecule has 0 amide bonds. The molecule has 0 unspecified atom stereocenters. The third kappa shape index (κ3) is 4.52. The Morgan fingerprint density at radius 3 is 1.32 bits per heavy atom. The maximum atomic E-state index is 12.9. The van der Waals surface area contributed by atoms with Crippen molar-refractivity contribution in [2.75, 3.05) is 11.5 Å². The van der Waals surface area contributed by atoms with Crippen LogP contribution in [0, 0.1) is 0 Å². The Bertz CT molecular complexity index is 1160. The van der Waals surface area contributed by atoms with E-state index in [4.69, 9.17) is 11.5 Å². The molecule has 0 aliphatic rings. The third-order valence-corrected chi connectivity index (χ3v) is 5.83. The van der Waals surface area contributed by atoms with Gasteiger partial charge in [-0.1, -0.05) is 72.4 Å². The summed E-state index contributed by atoms with van der Waals surface area (Å²) in [6.07, 6.45) is 0. The standard InChI is InChI=1S/C26H20N2O2S/c27-23-13-11-19(15-21(23)25(29)17-7-3-1-4-8-17)31-20-12-14-24(28)22(16-20)26(30)18-9-5-2-6-10-18/h1-16H,27-28H2. The minimum atomic E-state index is -0.127. The Morgan fingerprint density at radius 2 is 0.935 bits per heavy atom. The van der Waals surface area contributed by atoms with Gasteiger partial charge in [-0.2, -0.15) is 0 Å². The average Bonchev–Trinajstić information content (AvgIpc) is 2.82. The van der Waals surface area contributed by atoms with Crippen LogP contribution in [0.5, 0.6) is 0 Å². The highest BCUT2D eigenvalue weighted by molar-refractivity contribution is 7.99. The lowest BCUT2D eigenvalue weighted by molar-refractivity contribution is 0.103. The summed E-state index contributed by atoms with van der Waals surface area (Å²) in [5.74, 6) is -0.254. The number of hydrogen-bond donors (Lipinski definition) is 2. The molecular formula is C26H20N2O2S. The molecule has 31 heavy (non-hydrogen) atoms. The van der Waals surface area contributed by atoms with Crippen LogP contribution in [-0.4, -0.2) is 11.6 Å². The minimum absolute atomic E-state index is 0.127. The number of nitrogen functional groups attached to an aromatic ring is 2. The molecule has 0 aliphatic heterocycles. The molecule has 0 heterocycles. The second-order valence-electron chi connectivity index (χ2n) is 6.99. The van der Waals surface area contributed by atoms with Crippen molar-refractivity contribution >= 4 is 34.7 Å². The molecule has 0 saturated carbocycles. The van der Waals surface area contributed by atoms with Crippen LogP contribution >= 0.6 is 11.8 Å². The Balaban J connectivity index is 1.63. The molecule has 4 aromatic rings. The van der Waals surface area contributed by atoms with E-state index >= 15 is 0 Å². The summed E-state index contributed by atoms with van der Waals surface area (Å²) in [4.78, 5) is 27.4. The van der Waals surface area contributed by atoms with Crippen LogP contribution in [0.3, 0.4) is 0 Å². The highest BCUT2D eigenvalue weighted by Gasteiger charge is 2.15. The van der Waals surface area contributed by atoms with Crippen LogP contribution < -0.4 is 11.5 Å². The van der Waals surface area contributed by atoms with Gasteiger partial charge in [0.1, 0.15) is 0 Å². The van der Waals surface area contributed by atoms with Crippen LogP contribution in [0.4, 0.5) is 11.4 Å². The van der Waals surface area contributed by atoms with E-state index in [-0.39, 0.29) is 11.6 Å². The zero-order valence-electron chi connectivity index (χ0n) is 16.6. The van der Waals surface area contributed by atoms with Gasteiger partial charge in [0, 0.05) is 43.4 Å². The van der Waals surface area contributed by atoms with Crippen molar-refractivity contribution in [2.45, 2.75) is 9.79 Å². The maximum Gasteiger partial charge on any atom is 0.195 e. The van der Waals surface area contributed by atoms with E-state index < -0.39 is 0 Å². The van der Waals surface area contributed by atoms with E-state index in [9.17, 15) is 9.59 Å². The fourth-order valence-electron chi connectivity index (χ4n) is 3.22. The SMILES string of the molecule is Nc1ccc(Sc2ccc(N)c(C(=O)c3ccccc3)c2)cc1C(=O)c1ccccc1. The first kappa shape index (κ1) is 20.4. The highest BCUT2D eigenvalue weighted by atomic mass is 32.2. The third-order valence-electron chi connectivity index (χ3n) is 4.85. The molecule has 4 N–H and O–H groups in total. The minimum Gasteiger partial charge on any atom is -0.398 e. The molecule has 4 rings (SSSR count). The molecular weight excluding hydrogens is 404 g/mol. The van der Waals surface area contributed by atoms with E-state index in [0.717, 1.165) is 9.79 Å². The molecule has 0 aliphatic carbocycles. The molecule has 152 valence electrons. The molecule has 4 aromatic carbocycles. The molecule has 0 spiro atoms. The largest absolute Gasteiger partial charge is 0.398 e. The molecule has 0 fully saturated rings. The number of rotatable bonds is 6. The summed E-state index contributed by atoms with van der Waals surface area (Å²) < 4.78 is 0. The van der Waals surface area contributed by atoms with Gasteiger partial charge in [-0.3, -0.25) is 9.59 Å². The van der Waals surface area contributed by atoms with E-state index in [1.54, 1.807) is 48.5 Å². The van der Waals surface area contributed by atoms with E-state index in [1.165, 1.54) is 11.8 Å². The van der Waals surface area contributed by atoms with Crippen LogP contribution in [0.15, 0.2) is 107 Å². The molecule has 0 bridgehead atoms. The Hall–Kier alpha value is -3.83. The van der Waals surface area contributed by atoms with Gasteiger partial charge in [0.15, 0.2) is 11.6 Å². The normalized spacial score (nSPS) is 10.6. The fraction of sp³-hybridized carbons (Fsp3) is 0. The first-order valence-corrected chi connectivity index (χ1v) is 10.5. The predicted molar refractivity (Wildman–Crippen MR) is 126 cm³/mol. The van der Waals surface area contributed by atoms with E-state index in [0.29, 0.717) is 33.6 Å². The zero-order valence-corrected chi connectivity index (χ0v) is 17.4. The van der Waals surface area contributed by atoms with E-state index in [2.05, 4.69) is 0 Å². The lowest BCUT2D eigenvalue weighted by Crippen LogP contribution is -2.06. The quantitative estimate of drug-likeness (QED) is 0.317.